The van der Waals surface area contributed by atoms with E-state index in [1.807, 2.05) is 12.2 Å². The molecule has 0 N–H and O–H groups in total. The van der Waals surface area contributed by atoms with Crippen molar-refractivity contribution in [1.82, 2.24) is 0 Å². The highest BCUT2D eigenvalue weighted by molar-refractivity contribution is 5.71. The van der Waals surface area contributed by atoms with E-state index in [-0.39, 0.29) is 37.5 Å². The second-order valence-electron chi connectivity index (χ2n) is 19.8. The number of carbonyl (C=O) groups is 3. The first kappa shape index (κ1) is 71.3. The van der Waals surface area contributed by atoms with Gasteiger partial charge in [-0.25, -0.2) is 0 Å². The molecule has 0 aliphatic heterocycles. The zero-order chi connectivity index (χ0) is 55.0. The summed E-state index contributed by atoms with van der Waals surface area (Å²) in [5, 5.41) is 0. The van der Waals surface area contributed by atoms with Crippen LogP contribution < -0.4 is 0 Å². The van der Waals surface area contributed by atoms with Crippen molar-refractivity contribution in [2.24, 2.45) is 0 Å². The molecule has 0 amide bonds. The van der Waals surface area contributed by atoms with Crippen LogP contribution in [0.15, 0.2) is 146 Å². The topological polar surface area (TPSA) is 78.9 Å². The summed E-state index contributed by atoms with van der Waals surface area (Å²) in [4.78, 5) is 38.2. The smallest absolute Gasteiger partial charge is 0.306 e. The molecule has 0 aliphatic rings. The Morgan fingerprint density at radius 1 is 0.276 bits per heavy atom. The van der Waals surface area contributed by atoms with E-state index < -0.39 is 6.10 Å². The molecule has 0 radical (unpaired) electrons. The van der Waals surface area contributed by atoms with E-state index in [0.29, 0.717) is 19.3 Å². The van der Waals surface area contributed by atoms with Gasteiger partial charge in [0.15, 0.2) is 6.10 Å². The van der Waals surface area contributed by atoms with Gasteiger partial charge in [-0.15, -0.1) is 0 Å². The van der Waals surface area contributed by atoms with Crippen molar-refractivity contribution in [2.45, 2.75) is 264 Å². The normalized spacial score (nSPS) is 13.1. The summed E-state index contributed by atoms with van der Waals surface area (Å²) in [5.41, 5.74) is 0. The lowest BCUT2D eigenvalue weighted by Crippen LogP contribution is -2.30. The van der Waals surface area contributed by atoms with Crippen LogP contribution in [0.4, 0.5) is 0 Å². The van der Waals surface area contributed by atoms with Gasteiger partial charge < -0.3 is 14.2 Å². The van der Waals surface area contributed by atoms with E-state index in [9.17, 15) is 14.4 Å². The molecule has 0 aromatic heterocycles. The van der Waals surface area contributed by atoms with E-state index in [4.69, 9.17) is 14.2 Å². The molecule has 0 bridgehead atoms. The van der Waals surface area contributed by atoms with Crippen molar-refractivity contribution >= 4 is 17.9 Å². The van der Waals surface area contributed by atoms with E-state index in [0.717, 1.165) is 128 Å². The molecule has 0 aliphatic carbocycles. The largest absolute Gasteiger partial charge is 0.462 e. The first-order valence-electron chi connectivity index (χ1n) is 30.8. The lowest BCUT2D eigenvalue weighted by atomic mass is 10.1. The number of allylic oxidation sites excluding steroid dienone is 24. The molecule has 1 atom stereocenters. The standard InChI is InChI=1S/C70H112O6/c1-4-7-10-13-16-19-22-25-27-29-31-32-33-34-35-36-37-38-39-41-42-45-48-51-54-57-60-63-69(72)75-66-67(65-74-68(71)62-59-56-53-50-47-44-24-21-18-15-12-9-6-3)76-70(73)64-61-58-55-52-49-46-43-40-30-28-26-23-20-17-14-11-8-5-2/h7,9-10,12,16,18-19,21,25,27-28,30-32,34-35,37-38,41-42,44,47,53,56,67H,4-6,8,11,13-15,17,20,22-24,26,29,33,36,39-40,43,45-46,48-52,54-55,57-66H2,1-3H3/b10-7-,12-9-,19-16-,21-18-,27-25-,30-28-,32-31-,35-34-,38-37-,42-41-,47-44-,56-53-. The lowest BCUT2D eigenvalue weighted by Gasteiger charge is -2.18. The first-order chi connectivity index (χ1) is 37.5. The van der Waals surface area contributed by atoms with E-state index in [1.54, 1.807) is 0 Å². The summed E-state index contributed by atoms with van der Waals surface area (Å²) in [6, 6.07) is 0. The summed E-state index contributed by atoms with van der Waals surface area (Å²) >= 11 is 0. The Labute approximate surface area is 467 Å². The van der Waals surface area contributed by atoms with E-state index in [2.05, 4.69) is 154 Å². The summed E-state index contributed by atoms with van der Waals surface area (Å²) in [6.07, 6.45) is 90.0. The lowest BCUT2D eigenvalue weighted by molar-refractivity contribution is -0.166. The zero-order valence-electron chi connectivity index (χ0n) is 49.0. The van der Waals surface area contributed by atoms with Crippen LogP contribution >= 0.6 is 0 Å². The second-order valence-corrected chi connectivity index (χ2v) is 19.8. The van der Waals surface area contributed by atoms with Gasteiger partial charge >= 0.3 is 17.9 Å². The minimum absolute atomic E-state index is 0.117. The van der Waals surface area contributed by atoms with Gasteiger partial charge in [0, 0.05) is 19.3 Å². The number of hydrogen-bond acceptors (Lipinski definition) is 6. The Hall–Kier alpha value is -4.71. The quantitative estimate of drug-likeness (QED) is 0.0261. The Kier molecular flexibility index (Phi) is 58.9. The molecule has 0 aromatic rings. The molecule has 0 saturated carbocycles. The van der Waals surface area contributed by atoms with Crippen molar-refractivity contribution in [2.75, 3.05) is 13.2 Å². The molecule has 0 saturated heterocycles. The first-order valence-corrected chi connectivity index (χ1v) is 30.8. The third kappa shape index (κ3) is 60.2. The highest BCUT2D eigenvalue weighted by Crippen LogP contribution is 2.14. The highest BCUT2D eigenvalue weighted by Gasteiger charge is 2.19. The summed E-state index contributed by atoms with van der Waals surface area (Å²) in [7, 11) is 0. The third-order valence-corrected chi connectivity index (χ3v) is 12.6. The number of hydrogen-bond donors (Lipinski definition) is 0. The minimum Gasteiger partial charge on any atom is -0.462 e. The van der Waals surface area contributed by atoms with Crippen LogP contribution in [0.25, 0.3) is 0 Å². The Balaban J connectivity index is 4.45. The molecule has 0 aromatic carbocycles. The average Bonchev–Trinajstić information content (AvgIpc) is 3.42. The number of carbonyl (C=O) groups excluding carboxylic acids is 3. The summed E-state index contributed by atoms with van der Waals surface area (Å²) in [6.45, 7) is 6.32. The van der Waals surface area contributed by atoms with Gasteiger partial charge in [0.1, 0.15) is 13.2 Å². The maximum atomic E-state index is 12.9. The fourth-order valence-electron chi connectivity index (χ4n) is 8.02. The van der Waals surface area contributed by atoms with Gasteiger partial charge in [-0.2, -0.15) is 0 Å². The molecular formula is C70H112O6. The molecule has 1 unspecified atom stereocenters. The van der Waals surface area contributed by atoms with Crippen LogP contribution in [0.2, 0.25) is 0 Å². The van der Waals surface area contributed by atoms with Crippen LogP contribution in [0.3, 0.4) is 0 Å². The fraction of sp³-hybridized carbons (Fsp3) is 0.614. The molecular weight excluding hydrogens is 937 g/mol. The molecule has 0 heterocycles. The van der Waals surface area contributed by atoms with Crippen molar-refractivity contribution < 1.29 is 28.6 Å². The molecule has 0 rings (SSSR count). The van der Waals surface area contributed by atoms with Crippen LogP contribution in [-0.2, 0) is 28.6 Å². The summed E-state index contributed by atoms with van der Waals surface area (Å²) in [5.74, 6) is -1.03. The van der Waals surface area contributed by atoms with Crippen LogP contribution in [0, 0.1) is 0 Å². The SMILES string of the molecule is CC/C=C\C/C=C\C/C=C\C/C=C\C/C=C\C/C=C\C/C=C\CCCCCCCC(=O)OCC(COC(=O)CC/C=C\C/C=C\C/C=C\C/C=C\CC)OC(=O)CCCCCCCCC/C=C\CCCCCCCCC. The number of ether oxygens (including phenoxy) is 3. The van der Waals surface area contributed by atoms with Crippen molar-refractivity contribution in [3.05, 3.63) is 146 Å². The Morgan fingerprint density at radius 2 is 0.539 bits per heavy atom. The van der Waals surface area contributed by atoms with Gasteiger partial charge in [-0.05, 0) is 128 Å². The Morgan fingerprint density at radius 3 is 0.895 bits per heavy atom. The van der Waals surface area contributed by atoms with Gasteiger partial charge in [0.2, 0.25) is 0 Å². The number of unbranched alkanes of at least 4 members (excludes halogenated alkanes) is 19. The minimum atomic E-state index is -0.824. The van der Waals surface area contributed by atoms with Gasteiger partial charge in [-0.3, -0.25) is 14.4 Å². The van der Waals surface area contributed by atoms with E-state index in [1.165, 1.54) is 83.5 Å². The molecule has 0 spiro atoms. The second kappa shape index (κ2) is 62.8. The van der Waals surface area contributed by atoms with Crippen LogP contribution in [0.5, 0.6) is 0 Å². The molecule has 6 heteroatoms. The monoisotopic (exact) mass is 1050 g/mol. The summed E-state index contributed by atoms with van der Waals surface area (Å²) < 4.78 is 16.8. The predicted octanol–water partition coefficient (Wildman–Crippen LogP) is 21.2. The molecule has 0 fully saturated rings. The highest BCUT2D eigenvalue weighted by atomic mass is 16.6. The predicted molar refractivity (Wildman–Crippen MR) is 329 cm³/mol. The van der Waals surface area contributed by atoms with Crippen molar-refractivity contribution in [1.29, 1.82) is 0 Å². The Bertz CT molecular complexity index is 1680. The molecule has 6 nitrogen and oxygen atoms in total. The van der Waals surface area contributed by atoms with Crippen molar-refractivity contribution in [3.63, 3.8) is 0 Å². The van der Waals surface area contributed by atoms with Gasteiger partial charge in [-0.1, -0.05) is 256 Å². The van der Waals surface area contributed by atoms with Crippen molar-refractivity contribution in [3.8, 4) is 0 Å². The third-order valence-electron chi connectivity index (χ3n) is 12.6. The maximum absolute atomic E-state index is 12.9. The van der Waals surface area contributed by atoms with E-state index >= 15 is 0 Å². The average molecular weight is 1050 g/mol. The molecule has 76 heavy (non-hydrogen) atoms. The number of rotatable bonds is 54. The van der Waals surface area contributed by atoms with Crippen LogP contribution in [-0.4, -0.2) is 37.2 Å². The fourth-order valence-corrected chi connectivity index (χ4v) is 8.02. The van der Waals surface area contributed by atoms with Crippen LogP contribution in [0.1, 0.15) is 258 Å². The molecule has 428 valence electrons. The zero-order valence-corrected chi connectivity index (χ0v) is 49.0. The maximum Gasteiger partial charge on any atom is 0.306 e. The van der Waals surface area contributed by atoms with Gasteiger partial charge in [0.25, 0.3) is 0 Å². The van der Waals surface area contributed by atoms with Gasteiger partial charge in [0.05, 0.1) is 0 Å². The number of esters is 3.